The van der Waals surface area contributed by atoms with Crippen molar-refractivity contribution in [2.45, 2.75) is 12.8 Å². The van der Waals surface area contributed by atoms with Gasteiger partial charge in [-0.1, -0.05) is 11.6 Å². The number of pyridine rings is 1. The van der Waals surface area contributed by atoms with Gasteiger partial charge in [-0.25, -0.2) is 4.79 Å². The van der Waals surface area contributed by atoms with Crippen molar-refractivity contribution in [1.82, 2.24) is 10.3 Å². The molecule has 1 aliphatic heterocycles. The molecule has 126 valence electrons. The van der Waals surface area contributed by atoms with Crippen LogP contribution in [0, 0.1) is 5.92 Å². The molecule has 0 bridgehead atoms. The Bertz CT molecular complexity index is 654. The molecule has 2 aromatic rings. The average Bonchev–Trinajstić information content (AvgIpc) is 2.63. The van der Waals surface area contributed by atoms with E-state index in [-0.39, 0.29) is 6.03 Å². The fraction of sp³-hybridized carbons (Fsp3) is 0.333. The Balaban J connectivity index is 1.40. The lowest BCUT2D eigenvalue weighted by molar-refractivity contribution is 0.248. The predicted molar refractivity (Wildman–Crippen MR) is 97.6 cm³/mol. The summed E-state index contributed by atoms with van der Waals surface area (Å²) >= 11 is 5.83. The quantitative estimate of drug-likeness (QED) is 0.887. The Hall–Kier alpha value is -2.27. The van der Waals surface area contributed by atoms with E-state index in [4.69, 9.17) is 11.6 Å². The van der Waals surface area contributed by atoms with Crippen LogP contribution in [0.15, 0.2) is 48.8 Å². The molecule has 2 N–H and O–H groups in total. The highest BCUT2D eigenvalue weighted by molar-refractivity contribution is 6.30. The van der Waals surface area contributed by atoms with Gasteiger partial charge in [-0.15, -0.1) is 0 Å². The van der Waals surface area contributed by atoms with E-state index < -0.39 is 0 Å². The molecule has 0 atom stereocenters. The molecule has 0 unspecified atom stereocenters. The van der Waals surface area contributed by atoms with Gasteiger partial charge in [0.2, 0.25) is 0 Å². The Morgan fingerprint density at radius 2 is 1.96 bits per heavy atom. The second-order valence-electron chi connectivity index (χ2n) is 5.98. The van der Waals surface area contributed by atoms with Crippen LogP contribution >= 0.6 is 11.6 Å². The van der Waals surface area contributed by atoms with Crippen molar-refractivity contribution in [3.8, 4) is 0 Å². The number of nitrogens with one attached hydrogen (secondary N) is 2. The van der Waals surface area contributed by atoms with Crippen molar-refractivity contribution in [3.05, 3.63) is 53.8 Å². The van der Waals surface area contributed by atoms with E-state index >= 15 is 0 Å². The van der Waals surface area contributed by atoms with Crippen molar-refractivity contribution in [2.24, 2.45) is 5.92 Å². The first-order valence-electron chi connectivity index (χ1n) is 8.16. The van der Waals surface area contributed by atoms with Gasteiger partial charge in [0.1, 0.15) is 0 Å². The Morgan fingerprint density at radius 3 is 2.62 bits per heavy atom. The molecule has 0 spiro atoms. The summed E-state index contributed by atoms with van der Waals surface area (Å²) in [6.45, 7) is 2.69. The minimum absolute atomic E-state index is 0.174. The van der Waals surface area contributed by atoms with E-state index in [9.17, 15) is 4.79 Å². The third-order valence-electron chi connectivity index (χ3n) is 4.28. The number of anilines is 2. The van der Waals surface area contributed by atoms with Gasteiger partial charge < -0.3 is 15.5 Å². The Morgan fingerprint density at radius 1 is 1.21 bits per heavy atom. The minimum atomic E-state index is -0.174. The van der Waals surface area contributed by atoms with Gasteiger partial charge in [0, 0.05) is 36.5 Å². The van der Waals surface area contributed by atoms with Crippen LogP contribution in [0.25, 0.3) is 0 Å². The number of halogens is 1. The molecule has 6 heteroatoms. The number of benzene rings is 1. The van der Waals surface area contributed by atoms with E-state index in [2.05, 4.69) is 26.6 Å². The number of hydrogen-bond acceptors (Lipinski definition) is 3. The molecular weight excluding hydrogens is 324 g/mol. The molecule has 0 radical (unpaired) electrons. The molecule has 1 aromatic heterocycles. The van der Waals surface area contributed by atoms with Gasteiger partial charge in [0.25, 0.3) is 0 Å². The molecule has 0 aliphatic carbocycles. The molecule has 5 nitrogen and oxygen atoms in total. The van der Waals surface area contributed by atoms with Crippen LogP contribution in [0.1, 0.15) is 12.8 Å². The third kappa shape index (κ3) is 4.61. The summed E-state index contributed by atoms with van der Waals surface area (Å²) in [5, 5.41) is 6.43. The average molecular weight is 345 g/mol. The summed E-state index contributed by atoms with van der Waals surface area (Å²) in [5.41, 5.74) is 1.91. The number of piperidine rings is 1. The predicted octanol–water partition coefficient (Wildman–Crippen LogP) is 3.77. The number of nitrogens with zero attached hydrogens (tertiary/aromatic N) is 2. The monoisotopic (exact) mass is 344 g/mol. The molecule has 1 aromatic carbocycles. The van der Waals surface area contributed by atoms with Crippen LogP contribution in [-0.2, 0) is 0 Å². The van der Waals surface area contributed by atoms with E-state index in [0.29, 0.717) is 17.5 Å². The lowest BCUT2D eigenvalue weighted by Gasteiger charge is -2.33. The fourth-order valence-corrected chi connectivity index (χ4v) is 3.01. The molecule has 1 aliphatic rings. The van der Waals surface area contributed by atoms with E-state index in [1.54, 1.807) is 30.5 Å². The number of carbonyl (C=O) groups excluding carboxylic acids is 1. The lowest BCUT2D eigenvalue weighted by atomic mass is 9.96. The van der Waals surface area contributed by atoms with Crippen molar-refractivity contribution in [2.75, 3.05) is 29.9 Å². The van der Waals surface area contributed by atoms with Gasteiger partial charge in [0.05, 0.1) is 11.9 Å². The van der Waals surface area contributed by atoms with Crippen LogP contribution in [0.3, 0.4) is 0 Å². The Labute approximate surface area is 147 Å². The zero-order valence-corrected chi connectivity index (χ0v) is 14.2. The van der Waals surface area contributed by atoms with Gasteiger partial charge in [0.15, 0.2) is 0 Å². The second-order valence-corrected chi connectivity index (χ2v) is 6.42. The van der Waals surface area contributed by atoms with Gasteiger partial charge in [-0.05, 0) is 55.2 Å². The van der Waals surface area contributed by atoms with Crippen LogP contribution in [-0.4, -0.2) is 30.6 Å². The molecule has 1 saturated heterocycles. The minimum Gasteiger partial charge on any atom is -0.370 e. The maximum absolute atomic E-state index is 12.0. The highest BCUT2D eigenvalue weighted by Gasteiger charge is 2.20. The summed E-state index contributed by atoms with van der Waals surface area (Å²) in [7, 11) is 0. The zero-order valence-electron chi connectivity index (χ0n) is 13.4. The molecule has 1 fully saturated rings. The number of hydrogen-bond donors (Lipinski definition) is 2. The molecule has 24 heavy (non-hydrogen) atoms. The highest BCUT2D eigenvalue weighted by atomic mass is 35.5. The molecule has 0 saturated carbocycles. The first kappa shape index (κ1) is 16.6. The lowest BCUT2D eigenvalue weighted by Crippen LogP contribution is -2.39. The Kier molecular flexibility index (Phi) is 5.54. The van der Waals surface area contributed by atoms with Crippen LogP contribution in [0.2, 0.25) is 5.02 Å². The zero-order chi connectivity index (χ0) is 16.8. The summed E-state index contributed by atoms with van der Waals surface area (Å²) in [6.07, 6.45) is 5.82. The number of amides is 2. The summed E-state index contributed by atoms with van der Waals surface area (Å²) in [6, 6.07) is 11.0. The second kappa shape index (κ2) is 8.02. The smallest absolute Gasteiger partial charge is 0.319 e. The number of urea groups is 1. The third-order valence-corrected chi connectivity index (χ3v) is 4.53. The normalized spacial score (nSPS) is 15.1. The van der Waals surface area contributed by atoms with E-state index in [1.807, 2.05) is 12.3 Å². The topological polar surface area (TPSA) is 57.3 Å². The maximum Gasteiger partial charge on any atom is 0.319 e. The summed E-state index contributed by atoms with van der Waals surface area (Å²) < 4.78 is 0. The maximum atomic E-state index is 12.0. The van der Waals surface area contributed by atoms with E-state index in [1.165, 1.54) is 5.69 Å². The first-order chi connectivity index (χ1) is 11.7. The molecule has 2 heterocycles. The summed E-state index contributed by atoms with van der Waals surface area (Å²) in [5.74, 6) is 0.508. The van der Waals surface area contributed by atoms with Crippen molar-refractivity contribution in [3.63, 3.8) is 0 Å². The number of aromatic nitrogens is 1. The molecule has 3 rings (SSSR count). The number of rotatable bonds is 4. The summed E-state index contributed by atoms with van der Waals surface area (Å²) in [4.78, 5) is 18.5. The van der Waals surface area contributed by atoms with Crippen LogP contribution in [0.5, 0.6) is 0 Å². The van der Waals surface area contributed by atoms with Crippen LogP contribution in [0.4, 0.5) is 16.2 Å². The molecule has 2 amide bonds. The number of carbonyl (C=O) groups is 1. The SMILES string of the molecule is O=C(NCC1CCN(c2cccnc2)CC1)Nc1ccc(Cl)cc1. The first-order valence-corrected chi connectivity index (χ1v) is 8.54. The van der Waals surface area contributed by atoms with E-state index in [0.717, 1.165) is 31.6 Å². The van der Waals surface area contributed by atoms with Gasteiger partial charge >= 0.3 is 6.03 Å². The highest BCUT2D eigenvalue weighted by Crippen LogP contribution is 2.22. The largest absolute Gasteiger partial charge is 0.370 e. The van der Waals surface area contributed by atoms with Crippen LogP contribution < -0.4 is 15.5 Å². The fourth-order valence-electron chi connectivity index (χ4n) is 2.88. The van der Waals surface area contributed by atoms with Crippen molar-refractivity contribution >= 4 is 29.0 Å². The van der Waals surface area contributed by atoms with Gasteiger partial charge in [-0.2, -0.15) is 0 Å². The molecular formula is C18H21ClN4O. The van der Waals surface area contributed by atoms with Gasteiger partial charge in [-0.3, -0.25) is 4.98 Å². The van der Waals surface area contributed by atoms with Crippen molar-refractivity contribution < 1.29 is 4.79 Å². The van der Waals surface area contributed by atoms with Crippen molar-refractivity contribution in [1.29, 1.82) is 0 Å². The standard InChI is InChI=1S/C18H21ClN4O/c19-15-3-5-16(6-4-15)22-18(24)21-12-14-7-10-23(11-8-14)17-2-1-9-20-13-17/h1-6,9,13-14H,7-8,10-12H2,(H2,21,22,24).